The van der Waals surface area contributed by atoms with Crippen LogP contribution in [0.15, 0.2) is 30.3 Å². The molecule has 1 aromatic carbocycles. The molecule has 0 aliphatic heterocycles. The van der Waals surface area contributed by atoms with E-state index in [1.54, 1.807) is 6.07 Å². The molecule has 0 saturated carbocycles. The summed E-state index contributed by atoms with van der Waals surface area (Å²) in [5, 5.41) is 6.36. The molecule has 158 valence electrons. The van der Waals surface area contributed by atoms with Gasteiger partial charge in [-0.3, -0.25) is 4.79 Å². The molecule has 0 saturated heterocycles. The molecule has 3 aromatic rings. The van der Waals surface area contributed by atoms with Crippen LogP contribution in [0, 0.1) is 0 Å². The van der Waals surface area contributed by atoms with E-state index in [1.165, 1.54) is 11.3 Å². The Bertz CT molecular complexity index is 1130. The van der Waals surface area contributed by atoms with Crippen molar-refractivity contribution in [2.45, 2.75) is 44.9 Å². The Kier molecular flexibility index (Phi) is 5.46. The van der Waals surface area contributed by atoms with Crippen LogP contribution in [0.3, 0.4) is 0 Å². The van der Waals surface area contributed by atoms with Crippen LogP contribution in [-0.4, -0.2) is 28.6 Å². The van der Waals surface area contributed by atoms with Gasteiger partial charge in [0, 0.05) is 0 Å². The van der Waals surface area contributed by atoms with Crippen molar-refractivity contribution in [3.8, 4) is 0 Å². The van der Waals surface area contributed by atoms with Gasteiger partial charge in [-0.2, -0.15) is 0 Å². The smallest absolute Gasteiger partial charge is 0.408 e. The lowest BCUT2D eigenvalue weighted by atomic mass is 10.1. The summed E-state index contributed by atoms with van der Waals surface area (Å²) in [6, 6.07) is 8.83. The van der Waals surface area contributed by atoms with Crippen molar-refractivity contribution in [3.05, 3.63) is 56.5 Å². The van der Waals surface area contributed by atoms with E-state index >= 15 is 0 Å². The van der Waals surface area contributed by atoms with Crippen molar-refractivity contribution >= 4 is 56.8 Å². The Hall–Kier alpha value is -2.22. The van der Waals surface area contributed by atoms with Gasteiger partial charge in [0.15, 0.2) is 0 Å². The van der Waals surface area contributed by atoms with Gasteiger partial charge in [-0.1, -0.05) is 47.5 Å². The van der Waals surface area contributed by atoms with Crippen molar-refractivity contribution in [2.75, 3.05) is 0 Å². The molecular weight excluding hydrogens is 445 g/mol. The van der Waals surface area contributed by atoms with Crippen LogP contribution >= 0.6 is 34.5 Å². The second-order valence-corrected chi connectivity index (χ2v) is 10.3. The lowest BCUT2D eigenvalue weighted by molar-refractivity contribution is 0.0491. The highest BCUT2D eigenvalue weighted by molar-refractivity contribution is 7.23. The summed E-state index contributed by atoms with van der Waals surface area (Å²) in [6.45, 7) is 5.42. The van der Waals surface area contributed by atoms with Gasteiger partial charge in [-0.25, -0.2) is 4.79 Å². The number of hydrogen-bond donors (Lipinski definition) is 3. The predicted octanol–water partition coefficient (Wildman–Crippen LogP) is 5.46. The normalized spacial score (nSPS) is 18.3. The monoisotopic (exact) mass is 465 g/mol. The first-order valence-electron chi connectivity index (χ1n) is 9.47. The number of hydrogen-bond acceptors (Lipinski definition) is 4. The molecule has 0 bridgehead atoms. The number of thiophene rings is 1. The number of carbonyl (C=O) groups excluding carboxylic acids is 2. The first-order valence-corrected chi connectivity index (χ1v) is 11.0. The molecule has 6 nitrogen and oxygen atoms in total. The first kappa shape index (κ1) is 21.0. The maximum atomic E-state index is 12.9. The minimum absolute atomic E-state index is 0.278. The maximum absolute atomic E-state index is 12.9. The third-order valence-electron chi connectivity index (χ3n) is 4.84. The number of halogens is 2. The summed E-state index contributed by atoms with van der Waals surface area (Å²) < 4.78 is 6.71. The SMILES string of the molecule is CC(C)(C)OC(=O)NC1c2ccccc2C[C@H]1NC(=O)c1cc2sc(Cl)c(Cl)c2[nH]1. The van der Waals surface area contributed by atoms with Gasteiger partial charge in [0.2, 0.25) is 0 Å². The van der Waals surface area contributed by atoms with Crippen LogP contribution in [0.25, 0.3) is 10.2 Å². The highest BCUT2D eigenvalue weighted by Gasteiger charge is 2.36. The van der Waals surface area contributed by atoms with Gasteiger partial charge < -0.3 is 20.4 Å². The Morgan fingerprint density at radius 1 is 1.20 bits per heavy atom. The fraction of sp³-hybridized carbons (Fsp3) is 0.333. The average Bonchev–Trinajstić information content (AvgIpc) is 3.28. The molecule has 4 rings (SSSR count). The molecule has 0 fully saturated rings. The number of aromatic amines is 1. The van der Waals surface area contributed by atoms with E-state index in [9.17, 15) is 9.59 Å². The van der Waals surface area contributed by atoms with E-state index in [0.717, 1.165) is 15.8 Å². The number of alkyl carbamates (subject to hydrolysis) is 1. The van der Waals surface area contributed by atoms with Gasteiger partial charge in [0.25, 0.3) is 5.91 Å². The number of benzene rings is 1. The van der Waals surface area contributed by atoms with E-state index in [-0.39, 0.29) is 11.9 Å². The molecule has 2 amide bonds. The van der Waals surface area contributed by atoms with Gasteiger partial charge in [0.05, 0.1) is 27.3 Å². The Morgan fingerprint density at radius 2 is 1.93 bits per heavy atom. The number of rotatable bonds is 3. The Balaban J connectivity index is 1.55. The van der Waals surface area contributed by atoms with E-state index in [2.05, 4.69) is 15.6 Å². The zero-order chi connectivity index (χ0) is 21.6. The van der Waals surface area contributed by atoms with Crippen molar-refractivity contribution in [2.24, 2.45) is 0 Å². The van der Waals surface area contributed by atoms with E-state index in [0.29, 0.717) is 27.0 Å². The van der Waals surface area contributed by atoms with E-state index in [4.69, 9.17) is 27.9 Å². The molecule has 2 aromatic heterocycles. The summed E-state index contributed by atoms with van der Waals surface area (Å²) in [7, 11) is 0. The molecular formula is C21H21Cl2N3O3S. The van der Waals surface area contributed by atoms with Gasteiger partial charge in [-0.15, -0.1) is 11.3 Å². The van der Waals surface area contributed by atoms with Crippen LogP contribution in [0.1, 0.15) is 48.4 Å². The molecule has 0 radical (unpaired) electrons. The molecule has 9 heteroatoms. The van der Waals surface area contributed by atoms with Crippen LogP contribution in [0.5, 0.6) is 0 Å². The van der Waals surface area contributed by atoms with Gasteiger partial charge >= 0.3 is 6.09 Å². The Morgan fingerprint density at radius 3 is 2.63 bits per heavy atom. The number of fused-ring (bicyclic) bond motifs is 2. The molecule has 0 spiro atoms. The van der Waals surface area contributed by atoms with E-state index < -0.39 is 17.7 Å². The third-order valence-corrected chi connectivity index (χ3v) is 6.77. The average molecular weight is 466 g/mol. The minimum atomic E-state index is -0.614. The largest absolute Gasteiger partial charge is 0.444 e. The summed E-state index contributed by atoms with van der Waals surface area (Å²) in [4.78, 5) is 28.4. The third kappa shape index (κ3) is 4.15. The number of amides is 2. The number of nitrogens with one attached hydrogen (secondary N) is 3. The summed E-state index contributed by atoms with van der Waals surface area (Å²) in [5.74, 6) is -0.278. The van der Waals surface area contributed by atoms with Gasteiger partial charge in [-0.05, 0) is 44.4 Å². The molecule has 1 aliphatic rings. The van der Waals surface area contributed by atoms with Crippen LogP contribution in [0.2, 0.25) is 9.36 Å². The number of aromatic nitrogens is 1. The highest BCUT2D eigenvalue weighted by Crippen LogP contribution is 2.39. The zero-order valence-corrected chi connectivity index (χ0v) is 19.0. The van der Waals surface area contributed by atoms with Crippen LogP contribution in [0.4, 0.5) is 4.79 Å². The van der Waals surface area contributed by atoms with Gasteiger partial charge in [0.1, 0.15) is 15.6 Å². The minimum Gasteiger partial charge on any atom is -0.444 e. The summed E-state index contributed by atoms with van der Waals surface area (Å²) in [6.07, 6.45) is 0.0783. The molecule has 30 heavy (non-hydrogen) atoms. The maximum Gasteiger partial charge on any atom is 0.408 e. The number of H-pyrrole nitrogens is 1. The van der Waals surface area contributed by atoms with Crippen molar-refractivity contribution in [1.82, 2.24) is 15.6 Å². The Labute approximate surface area is 187 Å². The highest BCUT2D eigenvalue weighted by atomic mass is 35.5. The standard InChI is InChI=1S/C21H21Cl2N3O3S/c1-21(2,3)29-20(28)26-16-11-7-5-4-6-10(11)8-12(16)25-19(27)13-9-14-17(24-13)15(22)18(23)30-14/h4-7,9,12,16,24H,8H2,1-3H3,(H,25,27)(H,26,28)/t12-,16?/m1/s1. The quantitative estimate of drug-likeness (QED) is 0.480. The molecule has 3 N–H and O–H groups in total. The fourth-order valence-corrected chi connectivity index (χ4v) is 5.11. The van der Waals surface area contributed by atoms with Crippen LogP contribution in [-0.2, 0) is 11.2 Å². The number of carbonyl (C=O) groups is 2. The van der Waals surface area contributed by atoms with Crippen molar-refractivity contribution in [3.63, 3.8) is 0 Å². The summed E-state index contributed by atoms with van der Waals surface area (Å²) >= 11 is 13.5. The second kappa shape index (κ2) is 7.80. The molecule has 1 unspecified atom stereocenters. The zero-order valence-electron chi connectivity index (χ0n) is 16.6. The molecule has 2 atom stereocenters. The molecule has 1 aliphatic carbocycles. The van der Waals surface area contributed by atoms with Crippen molar-refractivity contribution in [1.29, 1.82) is 0 Å². The first-order chi connectivity index (χ1) is 14.1. The predicted molar refractivity (Wildman–Crippen MR) is 120 cm³/mol. The lowest BCUT2D eigenvalue weighted by Crippen LogP contribution is -2.45. The fourth-order valence-electron chi connectivity index (χ4n) is 3.63. The summed E-state index contributed by atoms with van der Waals surface area (Å²) in [5.41, 5.74) is 2.47. The van der Waals surface area contributed by atoms with E-state index in [1.807, 2.05) is 45.0 Å². The number of ether oxygens (including phenoxy) is 1. The molecule has 2 heterocycles. The van der Waals surface area contributed by atoms with Crippen LogP contribution < -0.4 is 10.6 Å². The topological polar surface area (TPSA) is 83.2 Å². The lowest BCUT2D eigenvalue weighted by Gasteiger charge is -2.26. The second-order valence-electron chi connectivity index (χ2n) is 8.22. The van der Waals surface area contributed by atoms with Crippen molar-refractivity contribution < 1.29 is 14.3 Å².